The topological polar surface area (TPSA) is 46.5 Å². The summed E-state index contributed by atoms with van der Waals surface area (Å²) in [6, 6.07) is 0. The van der Waals surface area contributed by atoms with Crippen molar-refractivity contribution in [2.75, 3.05) is 6.61 Å². The lowest BCUT2D eigenvalue weighted by atomic mass is 9.88. The minimum atomic E-state index is -0.403. The maximum Gasteiger partial charge on any atom is 0.330 e. The second kappa shape index (κ2) is 3.53. The van der Waals surface area contributed by atoms with Gasteiger partial charge >= 0.3 is 5.97 Å². The van der Waals surface area contributed by atoms with Crippen LogP contribution in [0.15, 0.2) is 11.6 Å². The summed E-state index contributed by atoms with van der Waals surface area (Å²) in [5.41, 5.74) is 0.795. The lowest BCUT2D eigenvalue weighted by Crippen LogP contribution is -2.22. The van der Waals surface area contributed by atoms with E-state index in [1.54, 1.807) is 6.92 Å². The predicted molar refractivity (Wildman–Crippen MR) is 40.0 cm³/mol. The summed E-state index contributed by atoms with van der Waals surface area (Å²) in [6.07, 6.45) is 2.57. The number of esters is 1. The van der Waals surface area contributed by atoms with Gasteiger partial charge in [-0.2, -0.15) is 0 Å². The lowest BCUT2D eigenvalue weighted by Gasteiger charge is -2.23. The third-order valence-corrected chi connectivity index (χ3v) is 1.72. The van der Waals surface area contributed by atoms with Gasteiger partial charge in [0, 0.05) is 6.08 Å². The Balaban J connectivity index is 2.38. The molecule has 0 aliphatic heterocycles. The molecule has 1 aliphatic carbocycles. The van der Waals surface area contributed by atoms with E-state index in [1.165, 1.54) is 6.08 Å². The third-order valence-electron chi connectivity index (χ3n) is 1.72. The van der Waals surface area contributed by atoms with Crippen molar-refractivity contribution >= 4 is 5.97 Å². The summed E-state index contributed by atoms with van der Waals surface area (Å²) >= 11 is 0. The Kier molecular flexibility index (Phi) is 2.65. The number of aliphatic hydroxyl groups is 1. The van der Waals surface area contributed by atoms with E-state index in [4.69, 9.17) is 5.11 Å². The first-order valence-corrected chi connectivity index (χ1v) is 3.79. The van der Waals surface area contributed by atoms with Crippen LogP contribution in [0, 0.1) is 0 Å². The van der Waals surface area contributed by atoms with E-state index in [2.05, 4.69) is 4.74 Å². The lowest BCUT2D eigenvalue weighted by molar-refractivity contribution is -0.137. The van der Waals surface area contributed by atoms with Crippen LogP contribution in [0.3, 0.4) is 0 Å². The normalized spacial score (nSPS) is 26.4. The smallest absolute Gasteiger partial charge is 0.330 e. The van der Waals surface area contributed by atoms with Crippen molar-refractivity contribution in [1.82, 2.24) is 0 Å². The van der Waals surface area contributed by atoms with Gasteiger partial charge in [-0.1, -0.05) is 0 Å². The molecule has 1 aliphatic rings. The van der Waals surface area contributed by atoms with Gasteiger partial charge in [-0.25, -0.2) is 4.79 Å². The molecule has 0 aromatic heterocycles. The molecular formula is C8H12O3. The molecule has 1 atom stereocenters. The van der Waals surface area contributed by atoms with Crippen molar-refractivity contribution in [3.05, 3.63) is 11.6 Å². The molecule has 11 heavy (non-hydrogen) atoms. The first-order valence-electron chi connectivity index (χ1n) is 3.79. The highest BCUT2D eigenvalue weighted by molar-refractivity contribution is 5.83. The summed E-state index contributed by atoms with van der Waals surface area (Å²) in [7, 11) is 0. The quantitative estimate of drug-likeness (QED) is 0.471. The molecule has 3 nitrogen and oxygen atoms in total. The molecule has 0 aromatic carbocycles. The fourth-order valence-electron chi connectivity index (χ4n) is 0.944. The highest BCUT2D eigenvalue weighted by Crippen LogP contribution is 2.25. The fourth-order valence-corrected chi connectivity index (χ4v) is 0.944. The number of carbonyl (C=O) groups excluding carboxylic acids is 1. The fraction of sp³-hybridized carbons (Fsp3) is 0.625. The van der Waals surface area contributed by atoms with Gasteiger partial charge < -0.3 is 9.84 Å². The minimum absolute atomic E-state index is 0.346. The Morgan fingerprint density at radius 2 is 2.64 bits per heavy atom. The SMILES string of the molecule is CCOC(=O)/C=C1/CCC1O. The van der Waals surface area contributed by atoms with Crippen LogP contribution in [-0.2, 0) is 9.53 Å². The number of hydrogen-bond acceptors (Lipinski definition) is 3. The van der Waals surface area contributed by atoms with Crippen molar-refractivity contribution in [2.45, 2.75) is 25.9 Å². The van der Waals surface area contributed by atoms with Crippen molar-refractivity contribution < 1.29 is 14.6 Å². The summed E-state index contributed by atoms with van der Waals surface area (Å²) < 4.78 is 4.67. The van der Waals surface area contributed by atoms with Crippen LogP contribution in [0.2, 0.25) is 0 Å². The Labute approximate surface area is 65.7 Å². The molecular weight excluding hydrogens is 144 g/mol. The van der Waals surface area contributed by atoms with Crippen molar-refractivity contribution in [3.8, 4) is 0 Å². The van der Waals surface area contributed by atoms with E-state index in [0.717, 1.165) is 18.4 Å². The average Bonchev–Trinajstić information content (AvgIpc) is 1.98. The number of ether oxygens (including phenoxy) is 1. The maximum absolute atomic E-state index is 10.8. The van der Waals surface area contributed by atoms with Crippen LogP contribution >= 0.6 is 0 Å². The van der Waals surface area contributed by atoms with Crippen LogP contribution in [0.1, 0.15) is 19.8 Å². The summed E-state index contributed by atoms with van der Waals surface area (Å²) in [4.78, 5) is 10.8. The largest absolute Gasteiger partial charge is 0.463 e. The zero-order valence-corrected chi connectivity index (χ0v) is 6.54. The highest BCUT2D eigenvalue weighted by Gasteiger charge is 2.21. The zero-order valence-electron chi connectivity index (χ0n) is 6.54. The molecule has 1 saturated carbocycles. The molecule has 1 N–H and O–H groups in total. The molecule has 1 unspecified atom stereocenters. The van der Waals surface area contributed by atoms with Crippen LogP contribution in [0.5, 0.6) is 0 Å². The van der Waals surface area contributed by atoms with Gasteiger partial charge in [-0.3, -0.25) is 0 Å². The van der Waals surface area contributed by atoms with E-state index in [1.807, 2.05) is 0 Å². The number of rotatable bonds is 2. The molecule has 0 radical (unpaired) electrons. The van der Waals surface area contributed by atoms with Gasteiger partial charge in [0.2, 0.25) is 0 Å². The van der Waals surface area contributed by atoms with Crippen LogP contribution in [0.4, 0.5) is 0 Å². The first kappa shape index (κ1) is 8.27. The van der Waals surface area contributed by atoms with Gasteiger partial charge in [0.25, 0.3) is 0 Å². The van der Waals surface area contributed by atoms with E-state index in [-0.39, 0.29) is 5.97 Å². The van der Waals surface area contributed by atoms with E-state index >= 15 is 0 Å². The van der Waals surface area contributed by atoms with Gasteiger partial charge in [0.1, 0.15) is 0 Å². The first-order chi connectivity index (χ1) is 5.24. The van der Waals surface area contributed by atoms with Crippen molar-refractivity contribution in [3.63, 3.8) is 0 Å². The van der Waals surface area contributed by atoms with E-state index in [9.17, 15) is 4.79 Å². The molecule has 0 spiro atoms. The van der Waals surface area contributed by atoms with Gasteiger partial charge in [-0.05, 0) is 25.3 Å². The maximum atomic E-state index is 10.8. The van der Waals surface area contributed by atoms with Crippen LogP contribution in [0.25, 0.3) is 0 Å². The van der Waals surface area contributed by atoms with Crippen LogP contribution < -0.4 is 0 Å². The van der Waals surface area contributed by atoms with E-state index in [0.29, 0.717) is 6.61 Å². The monoisotopic (exact) mass is 156 g/mol. The Bertz CT molecular complexity index is 184. The Morgan fingerprint density at radius 3 is 3.00 bits per heavy atom. The summed E-state index contributed by atoms with van der Waals surface area (Å²) in [5.74, 6) is -0.346. The number of carbonyl (C=O) groups is 1. The van der Waals surface area contributed by atoms with E-state index < -0.39 is 6.10 Å². The Hall–Kier alpha value is -0.830. The highest BCUT2D eigenvalue weighted by atomic mass is 16.5. The van der Waals surface area contributed by atoms with Gasteiger partial charge in [0.05, 0.1) is 12.7 Å². The molecule has 1 fully saturated rings. The number of hydrogen-bond donors (Lipinski definition) is 1. The molecule has 0 saturated heterocycles. The molecule has 0 heterocycles. The van der Waals surface area contributed by atoms with Crippen molar-refractivity contribution in [1.29, 1.82) is 0 Å². The standard InChI is InChI=1S/C8H12O3/c1-2-11-8(10)5-6-3-4-7(6)9/h5,7,9H,2-4H2,1H3/b6-5-. The van der Waals surface area contributed by atoms with Gasteiger partial charge in [0.15, 0.2) is 0 Å². The molecule has 1 rings (SSSR count). The average molecular weight is 156 g/mol. The minimum Gasteiger partial charge on any atom is -0.463 e. The van der Waals surface area contributed by atoms with Crippen LogP contribution in [-0.4, -0.2) is 23.8 Å². The molecule has 0 aromatic rings. The van der Waals surface area contributed by atoms with Crippen molar-refractivity contribution in [2.24, 2.45) is 0 Å². The second-order valence-electron chi connectivity index (χ2n) is 2.53. The third kappa shape index (κ3) is 2.05. The second-order valence-corrected chi connectivity index (χ2v) is 2.53. The summed E-state index contributed by atoms with van der Waals surface area (Å²) in [6.45, 7) is 2.15. The zero-order chi connectivity index (χ0) is 8.27. The Morgan fingerprint density at radius 1 is 1.91 bits per heavy atom. The molecule has 62 valence electrons. The predicted octanol–water partition coefficient (Wildman–Crippen LogP) is 0.631. The number of aliphatic hydroxyl groups excluding tert-OH is 1. The summed E-state index contributed by atoms with van der Waals surface area (Å²) in [5, 5.41) is 9.05. The molecule has 0 amide bonds. The van der Waals surface area contributed by atoms with Gasteiger partial charge in [-0.15, -0.1) is 0 Å². The molecule has 3 heteroatoms. The molecule has 0 bridgehead atoms.